The van der Waals surface area contributed by atoms with Crippen LogP contribution in [0, 0.1) is 6.92 Å². The van der Waals surface area contributed by atoms with E-state index in [4.69, 9.17) is 4.42 Å². The zero-order chi connectivity index (χ0) is 18.3. The van der Waals surface area contributed by atoms with Crippen LogP contribution in [0.5, 0.6) is 0 Å². The van der Waals surface area contributed by atoms with E-state index in [0.717, 1.165) is 40.2 Å². The highest BCUT2D eigenvalue weighted by molar-refractivity contribution is 9.10. The molecule has 1 aliphatic rings. The van der Waals surface area contributed by atoms with Gasteiger partial charge in [-0.05, 0) is 56.2 Å². The van der Waals surface area contributed by atoms with Gasteiger partial charge in [-0.1, -0.05) is 21.1 Å². The Bertz CT molecular complexity index is 941. The first-order valence-corrected chi connectivity index (χ1v) is 9.34. The van der Waals surface area contributed by atoms with Gasteiger partial charge in [0.05, 0.1) is 17.9 Å². The van der Waals surface area contributed by atoms with Crippen LogP contribution in [-0.4, -0.2) is 32.8 Å². The van der Waals surface area contributed by atoms with Crippen LogP contribution in [0.15, 0.2) is 45.3 Å². The highest BCUT2D eigenvalue weighted by Gasteiger charge is 2.35. The number of benzene rings is 1. The van der Waals surface area contributed by atoms with Crippen LogP contribution in [0.1, 0.15) is 46.5 Å². The molecule has 1 aliphatic carbocycles. The molecule has 0 spiro atoms. The zero-order valence-electron chi connectivity index (χ0n) is 14.6. The molecule has 0 aliphatic heterocycles. The van der Waals surface area contributed by atoms with Gasteiger partial charge in [0.15, 0.2) is 5.69 Å². The Kier molecular flexibility index (Phi) is 4.40. The van der Waals surface area contributed by atoms with Crippen molar-refractivity contribution in [3.63, 3.8) is 0 Å². The van der Waals surface area contributed by atoms with Crippen LogP contribution in [0.25, 0.3) is 5.69 Å². The summed E-state index contributed by atoms with van der Waals surface area (Å²) in [7, 11) is 1.76. The molecule has 1 fully saturated rings. The minimum atomic E-state index is -0.135. The summed E-state index contributed by atoms with van der Waals surface area (Å²) in [4.78, 5) is 14.6. The van der Waals surface area contributed by atoms with Gasteiger partial charge in [-0.2, -0.15) is 0 Å². The van der Waals surface area contributed by atoms with Crippen LogP contribution < -0.4 is 0 Å². The minimum absolute atomic E-state index is 0.135. The average molecular weight is 415 g/mol. The quantitative estimate of drug-likeness (QED) is 0.630. The SMILES string of the molecule is Cc1ccc(CN(C)C(=O)c2nnn(-c3ccc(Br)cc3)c2C2CC2)o1. The number of amides is 1. The fourth-order valence-corrected chi connectivity index (χ4v) is 3.26. The van der Waals surface area contributed by atoms with Gasteiger partial charge in [0, 0.05) is 17.4 Å². The van der Waals surface area contributed by atoms with Crippen LogP contribution >= 0.6 is 15.9 Å². The fraction of sp³-hybridized carbons (Fsp3) is 0.316. The van der Waals surface area contributed by atoms with Gasteiger partial charge in [0.2, 0.25) is 0 Å². The molecule has 1 saturated carbocycles. The molecule has 0 atom stereocenters. The lowest BCUT2D eigenvalue weighted by Crippen LogP contribution is -2.27. The summed E-state index contributed by atoms with van der Waals surface area (Å²) >= 11 is 3.44. The number of aryl methyl sites for hydroxylation is 1. The zero-order valence-corrected chi connectivity index (χ0v) is 16.2. The summed E-state index contributed by atoms with van der Waals surface area (Å²) < 4.78 is 8.37. The number of hydrogen-bond donors (Lipinski definition) is 0. The molecular formula is C19H19BrN4O2. The summed E-state index contributed by atoms with van der Waals surface area (Å²) in [5, 5.41) is 8.50. The predicted octanol–water partition coefficient (Wildman–Crippen LogP) is 4.08. The van der Waals surface area contributed by atoms with E-state index in [-0.39, 0.29) is 5.91 Å². The standard InChI is InChI=1S/C19H19BrN4O2/c1-12-3-10-16(26-12)11-23(2)19(25)17-18(13-4-5-13)24(22-21-17)15-8-6-14(20)7-9-15/h3,6-10,13H,4-5,11H2,1-2H3. The number of halogens is 1. The van der Waals surface area contributed by atoms with Crippen LogP contribution in [-0.2, 0) is 6.54 Å². The number of carbonyl (C=O) groups excluding carboxylic acids is 1. The largest absolute Gasteiger partial charge is 0.464 e. The Morgan fingerprint density at radius 3 is 2.62 bits per heavy atom. The lowest BCUT2D eigenvalue weighted by Gasteiger charge is -2.15. The Morgan fingerprint density at radius 2 is 2.00 bits per heavy atom. The van der Waals surface area contributed by atoms with Crippen molar-refractivity contribution in [1.29, 1.82) is 0 Å². The lowest BCUT2D eigenvalue weighted by atomic mass is 10.2. The maximum Gasteiger partial charge on any atom is 0.276 e. The Labute approximate surface area is 159 Å². The van der Waals surface area contributed by atoms with E-state index in [1.54, 1.807) is 16.6 Å². The Balaban J connectivity index is 1.63. The van der Waals surface area contributed by atoms with Crippen molar-refractivity contribution in [1.82, 2.24) is 19.9 Å². The van der Waals surface area contributed by atoms with Gasteiger partial charge in [-0.3, -0.25) is 4.79 Å². The molecule has 1 amide bonds. The Morgan fingerprint density at radius 1 is 1.27 bits per heavy atom. The first-order chi connectivity index (χ1) is 12.5. The molecule has 6 nitrogen and oxygen atoms in total. The number of hydrogen-bond acceptors (Lipinski definition) is 4. The van der Waals surface area contributed by atoms with Crippen molar-refractivity contribution >= 4 is 21.8 Å². The van der Waals surface area contributed by atoms with Gasteiger partial charge < -0.3 is 9.32 Å². The van der Waals surface area contributed by atoms with Gasteiger partial charge in [0.25, 0.3) is 5.91 Å². The first kappa shape index (κ1) is 17.0. The number of rotatable bonds is 5. The van der Waals surface area contributed by atoms with Gasteiger partial charge >= 0.3 is 0 Å². The third-order valence-corrected chi connectivity index (χ3v) is 5.01. The molecule has 134 valence electrons. The average Bonchev–Trinajstić information content (AvgIpc) is 3.24. The molecule has 0 bridgehead atoms. The maximum absolute atomic E-state index is 13.0. The second-order valence-corrected chi connectivity index (χ2v) is 7.58. The van der Waals surface area contributed by atoms with Gasteiger partial charge in [0.1, 0.15) is 11.5 Å². The second-order valence-electron chi connectivity index (χ2n) is 6.66. The second kappa shape index (κ2) is 6.72. The minimum Gasteiger partial charge on any atom is -0.464 e. The highest BCUT2D eigenvalue weighted by atomic mass is 79.9. The van der Waals surface area contributed by atoms with Crippen molar-refractivity contribution in [2.75, 3.05) is 7.05 Å². The molecule has 7 heteroatoms. The van der Waals surface area contributed by atoms with Gasteiger partial charge in [-0.15, -0.1) is 5.10 Å². The summed E-state index contributed by atoms with van der Waals surface area (Å²) in [6.07, 6.45) is 2.12. The highest BCUT2D eigenvalue weighted by Crippen LogP contribution is 2.42. The van der Waals surface area contributed by atoms with E-state index in [1.165, 1.54) is 0 Å². The molecule has 1 aromatic carbocycles. The molecule has 3 aromatic rings. The third kappa shape index (κ3) is 3.31. The molecule has 0 N–H and O–H groups in total. The fourth-order valence-electron chi connectivity index (χ4n) is 2.99. The molecule has 2 heterocycles. The summed E-state index contributed by atoms with van der Waals surface area (Å²) in [6, 6.07) is 11.6. The molecule has 0 saturated heterocycles. The smallest absolute Gasteiger partial charge is 0.276 e. The van der Waals surface area contributed by atoms with Crippen LogP contribution in [0.2, 0.25) is 0 Å². The van der Waals surface area contributed by atoms with Crippen molar-refractivity contribution in [3.05, 3.63) is 63.8 Å². The topological polar surface area (TPSA) is 64.2 Å². The summed E-state index contributed by atoms with van der Waals surface area (Å²) in [5.41, 5.74) is 2.24. The van der Waals surface area contributed by atoms with Gasteiger partial charge in [-0.25, -0.2) is 4.68 Å². The lowest BCUT2D eigenvalue weighted by molar-refractivity contribution is 0.0768. The molecule has 0 radical (unpaired) electrons. The normalized spacial score (nSPS) is 13.8. The maximum atomic E-state index is 13.0. The van der Waals surface area contributed by atoms with E-state index >= 15 is 0 Å². The third-order valence-electron chi connectivity index (χ3n) is 4.48. The van der Waals surface area contributed by atoms with E-state index in [0.29, 0.717) is 18.2 Å². The number of nitrogens with zero attached hydrogens (tertiary/aromatic N) is 4. The first-order valence-electron chi connectivity index (χ1n) is 8.55. The van der Waals surface area contributed by atoms with Crippen molar-refractivity contribution < 1.29 is 9.21 Å². The van der Waals surface area contributed by atoms with E-state index in [9.17, 15) is 4.79 Å². The van der Waals surface area contributed by atoms with Crippen molar-refractivity contribution in [2.45, 2.75) is 32.2 Å². The number of furan rings is 1. The molecular weight excluding hydrogens is 396 g/mol. The number of aromatic nitrogens is 3. The van der Waals surface area contributed by atoms with Crippen molar-refractivity contribution in [2.24, 2.45) is 0 Å². The van der Waals surface area contributed by atoms with E-state index < -0.39 is 0 Å². The van der Waals surface area contributed by atoms with E-state index in [2.05, 4.69) is 26.2 Å². The Hall–Kier alpha value is -2.41. The monoisotopic (exact) mass is 414 g/mol. The van der Waals surface area contributed by atoms with Crippen LogP contribution in [0.4, 0.5) is 0 Å². The van der Waals surface area contributed by atoms with Crippen molar-refractivity contribution in [3.8, 4) is 5.69 Å². The predicted molar refractivity (Wildman–Crippen MR) is 100 cm³/mol. The van der Waals surface area contributed by atoms with Crippen LogP contribution in [0.3, 0.4) is 0 Å². The molecule has 26 heavy (non-hydrogen) atoms. The summed E-state index contributed by atoms with van der Waals surface area (Å²) in [5.74, 6) is 1.79. The molecule has 2 aromatic heterocycles. The number of carbonyl (C=O) groups is 1. The molecule has 4 rings (SSSR count). The summed E-state index contributed by atoms with van der Waals surface area (Å²) in [6.45, 7) is 2.29. The van der Waals surface area contributed by atoms with E-state index in [1.807, 2.05) is 43.3 Å². The molecule has 0 unspecified atom stereocenters.